The summed E-state index contributed by atoms with van der Waals surface area (Å²) in [5.74, 6) is -0.427. The van der Waals surface area contributed by atoms with Crippen molar-refractivity contribution in [2.45, 2.75) is 26.7 Å². The third kappa shape index (κ3) is 4.44. The Balaban J connectivity index is 1.43. The van der Waals surface area contributed by atoms with Crippen molar-refractivity contribution in [3.05, 3.63) is 59.7 Å². The van der Waals surface area contributed by atoms with Crippen LogP contribution in [0.2, 0.25) is 0 Å². The number of imidazole rings is 1. The van der Waals surface area contributed by atoms with Gasteiger partial charge in [0.25, 0.3) is 0 Å². The Morgan fingerprint density at radius 1 is 1.10 bits per heavy atom. The lowest BCUT2D eigenvalue weighted by Crippen LogP contribution is -2.10. The van der Waals surface area contributed by atoms with Crippen LogP contribution in [0.1, 0.15) is 36.4 Å². The van der Waals surface area contributed by atoms with E-state index in [1.54, 1.807) is 18.3 Å². The number of nitrogens with zero attached hydrogens (tertiary/aromatic N) is 5. The molecule has 0 aliphatic heterocycles. The molecule has 0 unspecified atom stereocenters. The summed E-state index contributed by atoms with van der Waals surface area (Å²) in [5, 5.41) is 10.1. The monoisotopic (exact) mass is 540 g/mol. The Labute approximate surface area is 224 Å². The number of hydrogen-bond acceptors (Lipinski definition) is 8. The zero-order chi connectivity index (χ0) is 27.1. The second-order valence-electron chi connectivity index (χ2n) is 8.90. The average molecular weight is 541 g/mol. The van der Waals surface area contributed by atoms with Crippen molar-refractivity contribution in [1.29, 1.82) is 0 Å². The Bertz CT molecular complexity index is 1890. The largest absolute Gasteiger partial charge is 0.325 e. The normalized spacial score (nSPS) is 11.4. The topological polar surface area (TPSA) is 142 Å². The predicted molar refractivity (Wildman–Crippen MR) is 147 cm³/mol. The van der Waals surface area contributed by atoms with Crippen LogP contribution in [0.3, 0.4) is 0 Å². The predicted octanol–water partition coefficient (Wildman–Crippen LogP) is 5.77. The van der Waals surface area contributed by atoms with Crippen LogP contribution in [-0.2, 0) is 4.79 Å². The fourth-order valence-corrected chi connectivity index (χ4v) is 5.26. The molecule has 0 bridgehead atoms. The van der Waals surface area contributed by atoms with E-state index in [0.29, 0.717) is 51.5 Å². The van der Waals surface area contributed by atoms with Crippen molar-refractivity contribution in [2.24, 2.45) is 0 Å². The number of carbonyl (C=O) groups excluding carboxylic acids is 2. The van der Waals surface area contributed by atoms with E-state index in [1.165, 1.54) is 36.9 Å². The Hall–Kier alpha value is -4.84. The highest BCUT2D eigenvalue weighted by Crippen LogP contribution is 2.36. The lowest BCUT2D eigenvalue weighted by atomic mass is 10.1. The van der Waals surface area contributed by atoms with Gasteiger partial charge in [0.2, 0.25) is 5.91 Å². The van der Waals surface area contributed by atoms with Gasteiger partial charge >= 0.3 is 0 Å². The van der Waals surface area contributed by atoms with Gasteiger partial charge in [0, 0.05) is 34.8 Å². The maximum Gasteiger partial charge on any atom is 0.224 e. The standard InChI is InChI=1S/C27H21FN8O2S/c1-3-4-20(38)32-15-9-14(10-29-11-15)23-22(28)21-17(12-31-23)35-36-25(21)27-33-24-16(7-8-30-26(24)34-27)19-6-5-18(39-19)13(2)37/h5-12H,3-4H2,1-2H3,(H,32,38)(H,35,36)(H,30,33,34). The van der Waals surface area contributed by atoms with Crippen molar-refractivity contribution in [1.82, 2.24) is 35.1 Å². The molecule has 6 heterocycles. The summed E-state index contributed by atoms with van der Waals surface area (Å²) >= 11 is 1.37. The van der Waals surface area contributed by atoms with E-state index in [4.69, 9.17) is 4.98 Å². The number of ketones is 1. The number of amides is 1. The van der Waals surface area contributed by atoms with Crippen LogP contribution in [0, 0.1) is 5.82 Å². The zero-order valence-corrected chi connectivity index (χ0v) is 21.7. The van der Waals surface area contributed by atoms with Crippen LogP contribution in [-0.4, -0.2) is 46.8 Å². The number of Topliss-reactive ketones (excluding diaryl/α,β-unsaturated/α-hetero) is 1. The van der Waals surface area contributed by atoms with Gasteiger partial charge in [-0.25, -0.2) is 14.4 Å². The first-order chi connectivity index (χ1) is 18.9. The maximum absolute atomic E-state index is 16.0. The molecule has 3 N–H and O–H groups in total. The molecule has 6 aromatic rings. The van der Waals surface area contributed by atoms with Crippen LogP contribution in [0.15, 0.2) is 49.1 Å². The van der Waals surface area contributed by atoms with Gasteiger partial charge in [-0.05, 0) is 37.6 Å². The van der Waals surface area contributed by atoms with Crippen molar-refractivity contribution in [3.63, 3.8) is 0 Å². The molecule has 0 aromatic carbocycles. The summed E-state index contributed by atoms with van der Waals surface area (Å²) in [4.78, 5) is 46.0. The molecule has 0 radical (unpaired) electrons. The molecule has 6 rings (SSSR count). The zero-order valence-electron chi connectivity index (χ0n) is 20.9. The minimum absolute atomic E-state index is 0.00812. The third-order valence-electron chi connectivity index (χ3n) is 6.14. The number of thiophene rings is 1. The van der Waals surface area contributed by atoms with Gasteiger partial charge in [-0.15, -0.1) is 11.3 Å². The number of aromatic nitrogens is 7. The summed E-state index contributed by atoms with van der Waals surface area (Å²) in [7, 11) is 0. The number of anilines is 1. The Kier molecular flexibility index (Phi) is 6.15. The number of halogens is 1. The number of nitrogens with one attached hydrogen (secondary N) is 3. The molecule has 6 aromatic heterocycles. The minimum atomic E-state index is -0.604. The van der Waals surface area contributed by atoms with Crippen LogP contribution >= 0.6 is 11.3 Å². The quantitative estimate of drug-likeness (QED) is 0.218. The second-order valence-corrected chi connectivity index (χ2v) is 9.99. The van der Waals surface area contributed by atoms with Crippen LogP contribution in [0.5, 0.6) is 0 Å². The highest BCUT2D eigenvalue weighted by Gasteiger charge is 2.22. The van der Waals surface area contributed by atoms with E-state index in [-0.39, 0.29) is 28.5 Å². The van der Waals surface area contributed by atoms with E-state index < -0.39 is 5.82 Å². The molecule has 0 aliphatic rings. The van der Waals surface area contributed by atoms with Gasteiger partial charge in [0.1, 0.15) is 16.9 Å². The lowest BCUT2D eigenvalue weighted by molar-refractivity contribution is -0.116. The van der Waals surface area contributed by atoms with Crippen LogP contribution in [0.25, 0.3) is 55.3 Å². The fraction of sp³-hybridized carbons (Fsp3) is 0.148. The third-order valence-corrected chi connectivity index (χ3v) is 7.36. The second kappa shape index (κ2) is 9.80. The maximum atomic E-state index is 16.0. The summed E-state index contributed by atoms with van der Waals surface area (Å²) < 4.78 is 16.0. The van der Waals surface area contributed by atoms with Gasteiger partial charge in [-0.2, -0.15) is 5.10 Å². The van der Waals surface area contributed by atoms with Crippen LogP contribution < -0.4 is 5.32 Å². The lowest BCUT2D eigenvalue weighted by Gasteiger charge is -2.07. The van der Waals surface area contributed by atoms with E-state index in [1.807, 2.05) is 19.1 Å². The van der Waals surface area contributed by atoms with E-state index >= 15 is 4.39 Å². The van der Waals surface area contributed by atoms with Gasteiger partial charge in [-0.3, -0.25) is 24.7 Å². The van der Waals surface area contributed by atoms with E-state index in [2.05, 4.69) is 35.5 Å². The number of H-pyrrole nitrogens is 2. The molecule has 10 nitrogen and oxygen atoms in total. The number of fused-ring (bicyclic) bond motifs is 2. The summed E-state index contributed by atoms with van der Waals surface area (Å²) in [6.45, 7) is 3.44. The van der Waals surface area contributed by atoms with Crippen molar-refractivity contribution < 1.29 is 14.0 Å². The summed E-state index contributed by atoms with van der Waals surface area (Å²) in [5.41, 5.74) is 3.47. The minimum Gasteiger partial charge on any atom is -0.325 e. The molecule has 0 fully saturated rings. The molecular weight excluding hydrogens is 519 g/mol. The number of hydrogen-bond donors (Lipinski definition) is 3. The summed E-state index contributed by atoms with van der Waals surface area (Å²) in [6.07, 6.45) is 7.22. The molecule has 0 atom stereocenters. The first-order valence-corrected chi connectivity index (χ1v) is 13.0. The summed E-state index contributed by atoms with van der Waals surface area (Å²) in [6, 6.07) is 7.11. The van der Waals surface area contributed by atoms with Gasteiger partial charge in [0.15, 0.2) is 23.1 Å². The molecule has 1 amide bonds. The highest BCUT2D eigenvalue weighted by atomic mass is 32.1. The van der Waals surface area contributed by atoms with Crippen molar-refractivity contribution in [2.75, 3.05) is 5.32 Å². The molecule has 0 spiro atoms. The van der Waals surface area contributed by atoms with E-state index in [9.17, 15) is 9.59 Å². The number of aromatic amines is 2. The first-order valence-electron chi connectivity index (χ1n) is 12.2. The Morgan fingerprint density at radius 2 is 1.97 bits per heavy atom. The molecule has 0 saturated carbocycles. The smallest absolute Gasteiger partial charge is 0.224 e. The SMILES string of the molecule is CCCC(=O)Nc1cncc(-c2ncc3[nH]nc(-c4nc5c(-c6ccc(C(C)=O)s6)ccnc5[nH]4)c3c2F)c1. The van der Waals surface area contributed by atoms with E-state index in [0.717, 1.165) is 10.4 Å². The van der Waals surface area contributed by atoms with Gasteiger partial charge < -0.3 is 10.3 Å². The molecule has 39 heavy (non-hydrogen) atoms. The fourth-order valence-electron chi connectivity index (χ4n) is 4.33. The number of carbonyl (C=O) groups is 2. The molecular formula is C27H21FN8O2S. The first kappa shape index (κ1) is 24.5. The molecule has 12 heteroatoms. The molecule has 0 aliphatic carbocycles. The number of rotatable bonds is 7. The van der Waals surface area contributed by atoms with Gasteiger partial charge in [-0.1, -0.05) is 6.92 Å². The average Bonchev–Trinajstić information content (AvgIpc) is 3.67. The molecule has 0 saturated heterocycles. The molecule has 194 valence electrons. The van der Waals surface area contributed by atoms with Crippen molar-refractivity contribution in [3.8, 4) is 33.2 Å². The van der Waals surface area contributed by atoms with Crippen LogP contribution in [0.4, 0.5) is 10.1 Å². The highest BCUT2D eigenvalue weighted by molar-refractivity contribution is 7.17. The Morgan fingerprint density at radius 3 is 2.77 bits per heavy atom. The van der Waals surface area contributed by atoms with Gasteiger partial charge in [0.05, 0.1) is 33.9 Å². The number of pyridine rings is 3. The van der Waals surface area contributed by atoms with Crippen molar-refractivity contribution >= 4 is 50.8 Å².